The second kappa shape index (κ2) is 9.03. The van der Waals surface area contributed by atoms with Crippen molar-refractivity contribution in [2.45, 2.75) is 46.0 Å². The maximum Gasteiger partial charge on any atom is 0.270 e. The van der Waals surface area contributed by atoms with Crippen LogP contribution in [0.1, 0.15) is 55.7 Å². The number of aryl methyl sites for hydroxylation is 1. The van der Waals surface area contributed by atoms with Crippen LogP contribution in [-0.4, -0.2) is 53.0 Å². The van der Waals surface area contributed by atoms with E-state index in [9.17, 15) is 4.79 Å². The molecule has 1 fully saturated rings. The molecule has 26 heavy (non-hydrogen) atoms. The van der Waals surface area contributed by atoms with E-state index in [2.05, 4.69) is 15.2 Å². The topological polar surface area (TPSA) is 58.9 Å². The molecular weight excluding hydrogens is 328 g/mol. The van der Waals surface area contributed by atoms with Crippen molar-refractivity contribution < 1.29 is 9.53 Å². The number of hydrogen-bond acceptors (Lipinski definition) is 4. The molecule has 6 nitrogen and oxygen atoms in total. The number of unbranched alkanes of at least 4 members (excludes halogenated alkanes) is 1. The Morgan fingerprint density at radius 3 is 2.81 bits per heavy atom. The molecule has 0 bridgehead atoms. The molecule has 1 aliphatic heterocycles. The molecule has 3 rings (SSSR count). The highest BCUT2D eigenvalue weighted by Gasteiger charge is 2.20. The van der Waals surface area contributed by atoms with E-state index in [4.69, 9.17) is 4.74 Å². The molecule has 0 aliphatic carbocycles. The molecular formula is C20H30N4O2. The van der Waals surface area contributed by atoms with Crippen molar-refractivity contribution in [1.29, 1.82) is 0 Å². The minimum absolute atomic E-state index is 0.0517. The number of nitrogens with zero attached hydrogens (tertiary/aromatic N) is 3. The Balaban J connectivity index is 1.62. The van der Waals surface area contributed by atoms with Gasteiger partial charge in [0.2, 0.25) is 0 Å². The number of aromatic nitrogens is 2. The van der Waals surface area contributed by atoms with Gasteiger partial charge >= 0.3 is 0 Å². The van der Waals surface area contributed by atoms with Crippen molar-refractivity contribution in [2.24, 2.45) is 0 Å². The van der Waals surface area contributed by atoms with E-state index in [1.165, 1.54) is 25.9 Å². The van der Waals surface area contributed by atoms with Crippen LogP contribution in [0.5, 0.6) is 5.75 Å². The predicted molar refractivity (Wildman–Crippen MR) is 103 cm³/mol. The van der Waals surface area contributed by atoms with Crippen LogP contribution in [0.2, 0.25) is 0 Å². The standard InChI is InChI=1S/C20H30N4O2/c1-3-16-18(24-15-9-10-17(26-4-2)19(24)22-16)20(25)21-11-5-6-12-23-13-7-8-14-23/h9-10,15H,3-8,11-14H2,1-2H3,(H,21,25). The summed E-state index contributed by atoms with van der Waals surface area (Å²) in [5.74, 6) is 0.665. The summed E-state index contributed by atoms with van der Waals surface area (Å²) in [5, 5.41) is 3.07. The third kappa shape index (κ3) is 4.18. The first-order chi connectivity index (χ1) is 12.7. The Bertz CT molecular complexity index is 735. The van der Waals surface area contributed by atoms with Gasteiger partial charge in [0.25, 0.3) is 5.91 Å². The average molecular weight is 358 g/mol. The second-order valence-corrected chi connectivity index (χ2v) is 6.77. The van der Waals surface area contributed by atoms with Crippen LogP contribution in [0.4, 0.5) is 0 Å². The van der Waals surface area contributed by atoms with Crippen LogP contribution < -0.4 is 10.1 Å². The van der Waals surface area contributed by atoms with Crippen LogP contribution in [0.15, 0.2) is 18.3 Å². The Kier molecular flexibility index (Phi) is 6.50. The molecule has 0 spiro atoms. The van der Waals surface area contributed by atoms with Crippen LogP contribution in [0, 0.1) is 0 Å². The third-order valence-electron chi connectivity index (χ3n) is 4.92. The minimum Gasteiger partial charge on any atom is -0.490 e. The zero-order valence-electron chi connectivity index (χ0n) is 16.0. The Morgan fingerprint density at radius 1 is 1.27 bits per heavy atom. The number of fused-ring (bicyclic) bond motifs is 1. The quantitative estimate of drug-likeness (QED) is 0.700. The van der Waals surface area contributed by atoms with Gasteiger partial charge in [-0.05, 0) is 70.8 Å². The van der Waals surface area contributed by atoms with Crippen molar-refractivity contribution in [3.63, 3.8) is 0 Å². The molecule has 0 unspecified atom stereocenters. The van der Waals surface area contributed by atoms with E-state index in [1.807, 2.05) is 36.6 Å². The van der Waals surface area contributed by atoms with Gasteiger partial charge in [-0.2, -0.15) is 0 Å². The van der Waals surface area contributed by atoms with Gasteiger partial charge < -0.3 is 15.0 Å². The van der Waals surface area contributed by atoms with Gasteiger partial charge in [0.1, 0.15) is 5.69 Å². The molecule has 0 atom stereocenters. The van der Waals surface area contributed by atoms with E-state index in [0.29, 0.717) is 30.9 Å². The number of pyridine rings is 1. The number of rotatable bonds is 9. The molecule has 1 saturated heterocycles. The summed E-state index contributed by atoms with van der Waals surface area (Å²) in [6.07, 6.45) is 7.38. The molecule has 1 N–H and O–H groups in total. The van der Waals surface area contributed by atoms with Gasteiger partial charge in [0.05, 0.1) is 12.3 Å². The summed E-state index contributed by atoms with van der Waals surface area (Å²) >= 11 is 0. The Morgan fingerprint density at radius 2 is 2.08 bits per heavy atom. The van der Waals surface area contributed by atoms with Crippen molar-refractivity contribution >= 4 is 11.6 Å². The number of carbonyl (C=O) groups excluding carboxylic acids is 1. The highest BCUT2D eigenvalue weighted by atomic mass is 16.5. The Labute approximate surface area is 155 Å². The van der Waals surface area contributed by atoms with Crippen LogP contribution in [-0.2, 0) is 6.42 Å². The summed E-state index contributed by atoms with van der Waals surface area (Å²) in [6, 6.07) is 3.79. The van der Waals surface area contributed by atoms with E-state index in [0.717, 1.165) is 30.8 Å². The van der Waals surface area contributed by atoms with Gasteiger partial charge in [-0.1, -0.05) is 6.92 Å². The molecule has 6 heteroatoms. The summed E-state index contributed by atoms with van der Waals surface area (Å²) < 4.78 is 7.50. The van der Waals surface area contributed by atoms with Crippen molar-refractivity contribution in [3.05, 3.63) is 29.7 Å². The first kappa shape index (κ1) is 18.7. The molecule has 2 aromatic heterocycles. The lowest BCUT2D eigenvalue weighted by Gasteiger charge is -2.14. The summed E-state index contributed by atoms with van der Waals surface area (Å²) in [4.78, 5) is 19.9. The van der Waals surface area contributed by atoms with Gasteiger partial charge in [0, 0.05) is 12.7 Å². The van der Waals surface area contributed by atoms with E-state index < -0.39 is 0 Å². The van der Waals surface area contributed by atoms with Gasteiger partial charge in [-0.15, -0.1) is 0 Å². The van der Waals surface area contributed by atoms with E-state index >= 15 is 0 Å². The first-order valence-electron chi connectivity index (χ1n) is 9.87. The molecule has 0 radical (unpaired) electrons. The van der Waals surface area contributed by atoms with Crippen molar-refractivity contribution in [1.82, 2.24) is 19.6 Å². The average Bonchev–Trinajstić information content (AvgIpc) is 3.29. The van der Waals surface area contributed by atoms with Gasteiger partial charge in [0.15, 0.2) is 11.4 Å². The SMILES string of the molecule is CCOc1cccn2c(C(=O)NCCCCN3CCCC3)c(CC)nc12. The third-order valence-corrected chi connectivity index (χ3v) is 4.92. The highest BCUT2D eigenvalue weighted by Crippen LogP contribution is 2.22. The smallest absolute Gasteiger partial charge is 0.270 e. The molecule has 0 aromatic carbocycles. The normalized spacial score (nSPS) is 14.8. The number of hydrogen-bond donors (Lipinski definition) is 1. The molecule has 3 heterocycles. The molecule has 2 aromatic rings. The predicted octanol–water partition coefficient (Wildman–Crippen LogP) is 2.90. The zero-order chi connectivity index (χ0) is 18.4. The lowest BCUT2D eigenvalue weighted by atomic mass is 10.2. The molecule has 0 saturated carbocycles. The fourth-order valence-corrected chi connectivity index (χ4v) is 3.60. The maximum absolute atomic E-state index is 12.8. The lowest BCUT2D eigenvalue weighted by Crippen LogP contribution is -2.28. The van der Waals surface area contributed by atoms with Crippen LogP contribution in [0.3, 0.4) is 0 Å². The monoisotopic (exact) mass is 358 g/mol. The van der Waals surface area contributed by atoms with Crippen LogP contribution in [0.25, 0.3) is 5.65 Å². The number of amides is 1. The second-order valence-electron chi connectivity index (χ2n) is 6.77. The Hall–Kier alpha value is -2.08. The first-order valence-corrected chi connectivity index (χ1v) is 9.87. The van der Waals surface area contributed by atoms with Crippen LogP contribution >= 0.6 is 0 Å². The minimum atomic E-state index is -0.0517. The summed E-state index contributed by atoms with van der Waals surface area (Å²) in [7, 11) is 0. The maximum atomic E-state index is 12.8. The molecule has 142 valence electrons. The number of ether oxygens (including phenoxy) is 1. The molecule has 1 aliphatic rings. The van der Waals surface area contributed by atoms with Crippen molar-refractivity contribution in [2.75, 3.05) is 32.8 Å². The number of likely N-dealkylation sites (tertiary alicyclic amines) is 1. The number of carbonyl (C=O) groups is 1. The number of nitrogens with one attached hydrogen (secondary N) is 1. The van der Waals surface area contributed by atoms with Crippen molar-refractivity contribution in [3.8, 4) is 5.75 Å². The fourth-order valence-electron chi connectivity index (χ4n) is 3.60. The van der Waals surface area contributed by atoms with Gasteiger partial charge in [-0.25, -0.2) is 4.98 Å². The fraction of sp³-hybridized carbons (Fsp3) is 0.600. The zero-order valence-corrected chi connectivity index (χ0v) is 16.0. The van der Waals surface area contributed by atoms with Gasteiger partial charge in [-0.3, -0.25) is 9.20 Å². The lowest BCUT2D eigenvalue weighted by molar-refractivity contribution is 0.0946. The number of imidazole rings is 1. The van der Waals surface area contributed by atoms with E-state index in [-0.39, 0.29) is 5.91 Å². The largest absolute Gasteiger partial charge is 0.490 e. The van der Waals surface area contributed by atoms with E-state index in [1.54, 1.807) is 0 Å². The molecule has 1 amide bonds. The summed E-state index contributed by atoms with van der Waals surface area (Å²) in [5.41, 5.74) is 2.15. The highest BCUT2D eigenvalue weighted by molar-refractivity contribution is 5.95. The summed E-state index contributed by atoms with van der Waals surface area (Å²) in [6.45, 7) is 8.86.